The molecule has 0 saturated heterocycles. The number of benzene rings is 3. The Balaban J connectivity index is 1.53. The number of hydrogen-bond donors (Lipinski definition) is 1. The Kier molecular flexibility index (Phi) is 8.24. The summed E-state index contributed by atoms with van der Waals surface area (Å²) in [6, 6.07) is 23.1. The van der Waals surface area contributed by atoms with E-state index in [1.807, 2.05) is 37.3 Å². The van der Waals surface area contributed by atoms with Gasteiger partial charge >= 0.3 is 0 Å². The first kappa shape index (κ1) is 25.7. The van der Waals surface area contributed by atoms with E-state index in [2.05, 4.69) is 15.5 Å². The van der Waals surface area contributed by atoms with Crippen molar-refractivity contribution in [2.75, 3.05) is 23.3 Å². The van der Waals surface area contributed by atoms with Crippen molar-refractivity contribution < 1.29 is 17.9 Å². The second-order valence-electron chi connectivity index (χ2n) is 7.69. The van der Waals surface area contributed by atoms with Crippen molar-refractivity contribution in [3.8, 4) is 5.75 Å². The zero-order valence-corrected chi connectivity index (χ0v) is 22.1. The number of carbonyl (C=O) groups is 1. The predicted octanol–water partition coefficient (Wildman–Crippen LogP) is 4.98. The normalized spacial score (nSPS) is 11.2. The Morgan fingerprint density at radius 2 is 1.69 bits per heavy atom. The number of hydrogen-bond acceptors (Lipinski definition) is 8. The van der Waals surface area contributed by atoms with Crippen LogP contribution >= 0.6 is 23.1 Å². The van der Waals surface area contributed by atoms with Crippen LogP contribution in [-0.2, 0) is 20.6 Å². The van der Waals surface area contributed by atoms with Crippen LogP contribution in [0.15, 0.2) is 88.1 Å². The number of nitrogens with zero attached hydrogens (tertiary/aromatic N) is 3. The monoisotopic (exact) mass is 540 g/mol. The van der Waals surface area contributed by atoms with Crippen molar-refractivity contribution in [3.05, 3.63) is 90.0 Å². The number of aromatic nitrogens is 2. The molecule has 0 spiro atoms. The van der Waals surface area contributed by atoms with E-state index < -0.39 is 22.5 Å². The van der Waals surface area contributed by atoms with Gasteiger partial charge in [0, 0.05) is 5.75 Å². The second-order valence-corrected chi connectivity index (χ2v) is 11.8. The summed E-state index contributed by atoms with van der Waals surface area (Å²) in [6.45, 7) is 1.40. The molecule has 0 saturated carbocycles. The number of thioether (sulfide) groups is 1. The van der Waals surface area contributed by atoms with Gasteiger partial charge in [0.05, 0.1) is 17.7 Å². The van der Waals surface area contributed by atoms with E-state index in [4.69, 9.17) is 4.74 Å². The summed E-state index contributed by atoms with van der Waals surface area (Å²) in [5, 5.41) is 11.1. The van der Waals surface area contributed by atoms with E-state index in [1.165, 1.54) is 42.3 Å². The SMILES string of the molecule is COc1ccccc1N(CC(=O)Nc1nnc(SCc2ccccc2)s1)S(=O)(=O)c1ccc(C)cc1. The summed E-state index contributed by atoms with van der Waals surface area (Å²) < 4.78 is 34.3. The maximum atomic E-state index is 13.6. The number of amides is 1. The maximum absolute atomic E-state index is 13.6. The summed E-state index contributed by atoms with van der Waals surface area (Å²) in [4.78, 5) is 13.1. The number of ether oxygens (including phenoxy) is 1. The molecule has 0 bridgehead atoms. The number of carbonyl (C=O) groups excluding carboxylic acids is 1. The van der Waals surface area contributed by atoms with Gasteiger partial charge in [0.2, 0.25) is 11.0 Å². The molecular formula is C25H24N4O4S3. The molecule has 36 heavy (non-hydrogen) atoms. The molecule has 0 aliphatic rings. The van der Waals surface area contributed by atoms with Crippen LogP contribution in [0, 0.1) is 6.92 Å². The minimum atomic E-state index is -4.07. The van der Waals surface area contributed by atoms with Gasteiger partial charge < -0.3 is 4.74 Å². The molecule has 8 nitrogen and oxygen atoms in total. The lowest BCUT2D eigenvalue weighted by Gasteiger charge is -2.25. The summed E-state index contributed by atoms with van der Waals surface area (Å²) >= 11 is 2.74. The van der Waals surface area contributed by atoms with E-state index in [9.17, 15) is 13.2 Å². The summed E-state index contributed by atoms with van der Waals surface area (Å²) in [5.74, 6) is 0.503. The molecule has 0 unspecified atom stereocenters. The standard InChI is InChI=1S/C25H24N4O4S3/c1-18-12-14-20(15-13-18)36(31,32)29(21-10-6-7-11-22(21)33-2)16-23(30)26-24-27-28-25(35-24)34-17-19-8-4-3-5-9-19/h3-15H,16-17H2,1-2H3,(H,26,27,30). The Morgan fingerprint density at radius 1 is 1.00 bits per heavy atom. The average molecular weight is 541 g/mol. The molecular weight excluding hydrogens is 517 g/mol. The van der Waals surface area contributed by atoms with E-state index in [-0.39, 0.29) is 10.6 Å². The zero-order chi connectivity index (χ0) is 25.5. The van der Waals surface area contributed by atoms with Crippen LogP contribution in [0.4, 0.5) is 10.8 Å². The van der Waals surface area contributed by atoms with Gasteiger partial charge in [-0.1, -0.05) is 83.3 Å². The summed E-state index contributed by atoms with van der Waals surface area (Å²) in [6.07, 6.45) is 0. The molecule has 3 aromatic carbocycles. The van der Waals surface area contributed by atoms with Crippen LogP contribution in [0.5, 0.6) is 5.75 Å². The lowest BCUT2D eigenvalue weighted by molar-refractivity contribution is -0.114. The van der Waals surface area contributed by atoms with E-state index in [0.717, 1.165) is 21.2 Å². The quantitative estimate of drug-likeness (QED) is 0.224. The van der Waals surface area contributed by atoms with Crippen molar-refractivity contribution in [2.24, 2.45) is 0 Å². The Morgan fingerprint density at radius 3 is 2.42 bits per heavy atom. The average Bonchev–Trinajstić information content (AvgIpc) is 3.34. The molecule has 1 heterocycles. The van der Waals surface area contributed by atoms with Gasteiger partial charge in [-0.05, 0) is 36.8 Å². The Hall–Kier alpha value is -3.41. The van der Waals surface area contributed by atoms with Crippen molar-refractivity contribution >= 4 is 49.8 Å². The van der Waals surface area contributed by atoms with Crippen molar-refractivity contribution in [1.82, 2.24) is 10.2 Å². The molecule has 0 radical (unpaired) electrons. The highest BCUT2D eigenvalue weighted by molar-refractivity contribution is 8.00. The number of para-hydroxylation sites is 2. The fourth-order valence-corrected chi connectivity index (χ4v) is 6.46. The number of methoxy groups -OCH3 is 1. The van der Waals surface area contributed by atoms with Gasteiger partial charge in [-0.3, -0.25) is 14.4 Å². The number of nitrogens with one attached hydrogen (secondary N) is 1. The van der Waals surface area contributed by atoms with Crippen LogP contribution in [0.1, 0.15) is 11.1 Å². The lowest BCUT2D eigenvalue weighted by Crippen LogP contribution is -2.38. The molecule has 0 fully saturated rings. The van der Waals surface area contributed by atoms with Crippen LogP contribution < -0.4 is 14.4 Å². The molecule has 0 aliphatic heterocycles. The number of rotatable bonds is 10. The third-order valence-electron chi connectivity index (χ3n) is 5.11. The lowest BCUT2D eigenvalue weighted by atomic mass is 10.2. The number of aryl methyl sites for hydroxylation is 1. The molecule has 1 amide bonds. The second kappa shape index (κ2) is 11.5. The molecule has 4 aromatic rings. The van der Waals surface area contributed by atoms with Crippen LogP contribution in [-0.4, -0.2) is 38.2 Å². The highest BCUT2D eigenvalue weighted by Crippen LogP contribution is 2.33. The van der Waals surface area contributed by atoms with Crippen LogP contribution in [0.3, 0.4) is 0 Å². The molecule has 4 rings (SSSR count). The minimum absolute atomic E-state index is 0.0716. The molecule has 186 valence electrons. The summed E-state index contributed by atoms with van der Waals surface area (Å²) in [5.41, 5.74) is 2.33. The topological polar surface area (TPSA) is 101 Å². The molecule has 11 heteroatoms. The third kappa shape index (κ3) is 6.23. The Labute approximate surface area is 218 Å². The first-order chi connectivity index (χ1) is 17.4. The maximum Gasteiger partial charge on any atom is 0.264 e. The summed E-state index contributed by atoms with van der Waals surface area (Å²) in [7, 11) is -2.62. The predicted molar refractivity (Wildman–Crippen MR) is 143 cm³/mol. The first-order valence-electron chi connectivity index (χ1n) is 10.9. The Bertz CT molecular complexity index is 1430. The van der Waals surface area contributed by atoms with Crippen LogP contribution in [0.25, 0.3) is 0 Å². The number of anilines is 2. The van der Waals surface area contributed by atoms with Gasteiger partial charge in [-0.2, -0.15) is 0 Å². The van der Waals surface area contributed by atoms with E-state index in [1.54, 1.807) is 36.4 Å². The van der Waals surface area contributed by atoms with E-state index >= 15 is 0 Å². The fraction of sp³-hybridized carbons (Fsp3) is 0.160. The highest BCUT2D eigenvalue weighted by Gasteiger charge is 2.29. The fourth-order valence-electron chi connectivity index (χ4n) is 3.30. The number of sulfonamides is 1. The van der Waals surface area contributed by atoms with Crippen molar-refractivity contribution in [1.29, 1.82) is 0 Å². The first-order valence-corrected chi connectivity index (χ1v) is 14.1. The van der Waals surface area contributed by atoms with Gasteiger partial charge in [0.25, 0.3) is 10.0 Å². The third-order valence-corrected chi connectivity index (χ3v) is 8.93. The zero-order valence-electron chi connectivity index (χ0n) is 19.6. The van der Waals surface area contributed by atoms with Crippen molar-refractivity contribution in [3.63, 3.8) is 0 Å². The highest BCUT2D eigenvalue weighted by atomic mass is 32.2. The van der Waals surface area contributed by atoms with E-state index in [0.29, 0.717) is 15.2 Å². The van der Waals surface area contributed by atoms with Gasteiger partial charge in [-0.15, -0.1) is 10.2 Å². The minimum Gasteiger partial charge on any atom is -0.495 e. The van der Waals surface area contributed by atoms with Gasteiger partial charge in [0.1, 0.15) is 12.3 Å². The van der Waals surface area contributed by atoms with Gasteiger partial charge in [0.15, 0.2) is 4.34 Å². The van der Waals surface area contributed by atoms with Crippen molar-refractivity contribution in [2.45, 2.75) is 21.9 Å². The molecule has 1 aromatic heterocycles. The van der Waals surface area contributed by atoms with Crippen LogP contribution in [0.2, 0.25) is 0 Å². The largest absolute Gasteiger partial charge is 0.495 e. The molecule has 0 aliphatic carbocycles. The smallest absolute Gasteiger partial charge is 0.264 e. The molecule has 0 atom stereocenters. The molecule has 1 N–H and O–H groups in total. The van der Waals surface area contributed by atoms with Gasteiger partial charge in [-0.25, -0.2) is 8.42 Å².